The van der Waals surface area contributed by atoms with Crippen LogP contribution in [0.4, 0.5) is 193 Å². The number of rotatable bonds is 18. The van der Waals surface area contributed by atoms with Gasteiger partial charge in [0.25, 0.3) is 9.16 Å². The van der Waals surface area contributed by atoms with E-state index < -0.39 is 160 Å². The first-order valence-electron chi connectivity index (χ1n) is 14.1. The summed E-state index contributed by atoms with van der Waals surface area (Å²) in [5.41, 5.74) is -18.0. The van der Waals surface area contributed by atoms with E-state index in [9.17, 15) is 193 Å². The molecule has 0 amide bonds. The van der Waals surface area contributed by atoms with Gasteiger partial charge in [0.1, 0.15) is 0 Å². The van der Waals surface area contributed by atoms with Crippen LogP contribution in [0.25, 0.3) is 0 Å². The third-order valence-electron chi connectivity index (χ3n) is 8.15. The number of hydrogen-bond donors (Lipinski definition) is 0. The first kappa shape index (κ1) is 66.8. The van der Waals surface area contributed by atoms with Gasteiger partial charge in [-0.3, -0.25) is 0 Å². The molecule has 0 aliphatic heterocycles. The van der Waals surface area contributed by atoms with E-state index in [1.165, 1.54) is 0 Å². The highest BCUT2D eigenvalue weighted by Gasteiger charge is 3.02. The smallest absolute Gasteiger partial charge is 0.245 e. The second-order valence-corrected chi connectivity index (χ2v) is 14.7. The summed E-state index contributed by atoms with van der Waals surface area (Å²) in [6.07, 6.45) is -54.4. The van der Waals surface area contributed by atoms with Gasteiger partial charge in [0.2, 0.25) is 0 Å². The lowest BCUT2D eigenvalue weighted by Gasteiger charge is -2.47. The molecule has 416 valence electrons. The number of hydrogen-bond acceptors (Lipinski definition) is 1. The summed E-state index contributed by atoms with van der Waals surface area (Å²) >= 11 is -1.23. The Bertz CT molecular complexity index is 1690. The van der Waals surface area contributed by atoms with Gasteiger partial charge in [-0.15, -0.1) is 0 Å². The first-order chi connectivity index (χ1) is 28.7. The SMILES string of the molecule is FC(F)(F)C(F)(C(F)(F)F)C(F)(Br)C(F)(F)C(F)(F)C(F)(F)C(F)(F)C(F)(F)C(F)(F)C(F)(F)OC(F)(F)C(F)(F)C(F)(F)C(F)(F)C(F)(F)C(F)(F)C(F)(F)C(F)(Br)C(F)(C(F)(F)F)C(F)(F)F. The van der Waals surface area contributed by atoms with E-state index in [4.69, 9.17) is 0 Å². The van der Waals surface area contributed by atoms with Crippen molar-refractivity contribution in [3.8, 4) is 0 Å². The fourth-order valence-corrected chi connectivity index (χ4v) is 5.49. The van der Waals surface area contributed by atoms with Crippen molar-refractivity contribution >= 4 is 31.9 Å². The largest absolute Gasteiger partial charge is 0.436 e. The molecular formula is C22Br2F44O. The van der Waals surface area contributed by atoms with Crippen LogP contribution in [-0.4, -0.2) is 128 Å². The summed E-state index contributed by atoms with van der Waals surface area (Å²) < 4.78 is 583. The lowest BCUT2D eigenvalue weighted by atomic mass is 9.84. The van der Waals surface area contributed by atoms with E-state index in [-0.39, 0.29) is 0 Å². The normalized spacial score (nSPS) is 18.9. The molecule has 0 radical (unpaired) electrons. The molecule has 2 unspecified atom stereocenters. The Morgan fingerprint density at radius 3 is 0.420 bits per heavy atom. The van der Waals surface area contributed by atoms with E-state index in [1.54, 1.807) is 0 Å². The van der Waals surface area contributed by atoms with Crippen LogP contribution in [0.5, 0.6) is 0 Å². The molecule has 0 rings (SSSR count). The van der Waals surface area contributed by atoms with E-state index in [0.717, 1.165) is 0 Å². The average molecular weight is 1280 g/mol. The van der Waals surface area contributed by atoms with Crippen LogP contribution >= 0.6 is 31.9 Å². The second-order valence-electron chi connectivity index (χ2n) is 12.5. The molecule has 0 aliphatic carbocycles. The molecule has 0 spiro atoms. The van der Waals surface area contributed by atoms with Gasteiger partial charge in [0.15, 0.2) is 0 Å². The molecule has 0 fully saturated rings. The Labute approximate surface area is 359 Å². The Hall–Kier alpha value is -2.16. The van der Waals surface area contributed by atoms with Gasteiger partial charge < -0.3 is 0 Å². The van der Waals surface area contributed by atoms with Gasteiger partial charge in [-0.25, -0.2) is 22.3 Å². The van der Waals surface area contributed by atoms with Crippen LogP contribution in [-0.2, 0) is 4.74 Å². The molecule has 69 heavy (non-hydrogen) atoms. The minimum atomic E-state index is -10.3. The first-order valence-corrected chi connectivity index (χ1v) is 15.7. The molecule has 1 nitrogen and oxygen atoms in total. The van der Waals surface area contributed by atoms with Crippen LogP contribution in [0.3, 0.4) is 0 Å². The van der Waals surface area contributed by atoms with Gasteiger partial charge in [-0.1, -0.05) is 0 Å². The van der Waals surface area contributed by atoms with Crippen molar-refractivity contribution < 1.29 is 198 Å². The highest BCUT2D eigenvalue weighted by molar-refractivity contribution is 9.10. The van der Waals surface area contributed by atoms with Crippen molar-refractivity contribution in [1.29, 1.82) is 0 Å². The quantitative estimate of drug-likeness (QED) is 0.0982. The Morgan fingerprint density at radius 2 is 0.290 bits per heavy atom. The highest BCUT2D eigenvalue weighted by Crippen LogP contribution is 2.72. The van der Waals surface area contributed by atoms with Crippen molar-refractivity contribution in [2.75, 3.05) is 0 Å². The maximum Gasteiger partial charge on any atom is 0.436 e. The standard InChI is InChI=1S/C22Br2F44O/c23-3(27,1(25,17(53,54)55)18(56,57)58)5(29,30)7(33,34)9(37,38)11(41,42)13(45,46)15(49,50)21(65,66)69-22(67,68)16(51,52)14(47,48)12(43,44)10(39,40)8(35,36)6(31,32)4(24,28)2(26,19(59,60)61)20(62,63)64. The summed E-state index contributed by atoms with van der Waals surface area (Å²) in [5, 5.41) is 0. The lowest BCUT2D eigenvalue weighted by molar-refractivity contribution is -0.529. The molecule has 0 saturated carbocycles. The molecule has 0 N–H and O–H groups in total. The van der Waals surface area contributed by atoms with Crippen LogP contribution in [0.15, 0.2) is 0 Å². The summed E-state index contributed by atoms with van der Waals surface area (Å²) in [4.78, 5) is 0. The third-order valence-corrected chi connectivity index (χ3v) is 10.2. The van der Waals surface area contributed by atoms with E-state index in [2.05, 4.69) is 0 Å². The minimum Gasteiger partial charge on any atom is -0.245 e. The maximum absolute atomic E-state index is 14.2. The molecule has 0 aromatic rings. The summed E-state index contributed by atoms with van der Waals surface area (Å²) in [5.74, 6) is -121. The van der Waals surface area contributed by atoms with Crippen LogP contribution in [0.1, 0.15) is 0 Å². The van der Waals surface area contributed by atoms with Gasteiger partial charge in [-0.2, -0.15) is 176 Å². The van der Waals surface area contributed by atoms with Gasteiger partial charge in [0.05, 0.1) is 0 Å². The fraction of sp³-hybridized carbons (Fsp3) is 1.00. The van der Waals surface area contributed by atoms with Gasteiger partial charge in [0, 0.05) is 0 Å². The van der Waals surface area contributed by atoms with Gasteiger partial charge in [-0.05, 0) is 31.9 Å². The van der Waals surface area contributed by atoms with Crippen LogP contribution < -0.4 is 0 Å². The summed E-state index contributed by atoms with van der Waals surface area (Å²) in [6.45, 7) is 0. The van der Waals surface area contributed by atoms with Crippen LogP contribution in [0, 0.1) is 0 Å². The van der Waals surface area contributed by atoms with Crippen molar-refractivity contribution in [2.24, 2.45) is 0 Å². The Kier molecular flexibility index (Phi) is 15.7. The monoisotopic (exact) mass is 1270 g/mol. The topological polar surface area (TPSA) is 9.23 Å². The van der Waals surface area contributed by atoms with E-state index in [1.807, 2.05) is 0 Å². The minimum absolute atomic E-state index is 0.308. The zero-order valence-electron chi connectivity index (χ0n) is 28.8. The van der Waals surface area contributed by atoms with E-state index >= 15 is 0 Å². The van der Waals surface area contributed by atoms with Crippen molar-refractivity contribution in [3.05, 3.63) is 0 Å². The average Bonchev–Trinajstić information content (AvgIpc) is 3.06. The zero-order chi connectivity index (χ0) is 57.7. The Morgan fingerprint density at radius 1 is 0.174 bits per heavy atom. The zero-order valence-corrected chi connectivity index (χ0v) is 32.0. The highest BCUT2D eigenvalue weighted by atomic mass is 79.9. The predicted molar refractivity (Wildman–Crippen MR) is 128 cm³/mol. The summed E-state index contributed by atoms with van der Waals surface area (Å²) in [7, 11) is 0. The molecule has 0 aliphatic rings. The molecular weight excluding hydrogens is 1280 g/mol. The van der Waals surface area contributed by atoms with Crippen molar-refractivity contribution in [3.63, 3.8) is 0 Å². The van der Waals surface area contributed by atoms with E-state index in [0.29, 0.717) is 4.74 Å². The number of halogens is 46. The molecule has 47 heteroatoms. The summed E-state index contributed by atoms with van der Waals surface area (Å²) in [6, 6.07) is 0. The van der Waals surface area contributed by atoms with Crippen molar-refractivity contribution in [2.45, 2.75) is 128 Å². The third kappa shape index (κ3) is 7.94. The lowest BCUT2D eigenvalue weighted by Crippen LogP contribution is -2.79. The molecule has 0 aromatic carbocycles. The fourth-order valence-electron chi connectivity index (χ4n) is 4.09. The molecule has 2 atom stereocenters. The van der Waals surface area contributed by atoms with Crippen molar-refractivity contribution in [1.82, 2.24) is 0 Å². The molecule has 0 heterocycles. The number of alkyl halides is 46. The number of ether oxygens (including phenoxy) is 1. The maximum atomic E-state index is 14.2. The van der Waals surface area contributed by atoms with Crippen LogP contribution in [0.2, 0.25) is 0 Å². The second kappa shape index (κ2) is 16.2. The molecule has 0 aromatic heterocycles. The Balaban J connectivity index is 7.91. The predicted octanol–water partition coefficient (Wildman–Crippen LogP) is 15.6. The van der Waals surface area contributed by atoms with Gasteiger partial charge >= 0.3 is 119 Å². The molecule has 0 bridgehead atoms. The molecule has 0 saturated heterocycles.